The number of fused-ring (bicyclic) bond motifs is 1. The molecule has 0 bridgehead atoms. The van der Waals surface area contributed by atoms with Crippen molar-refractivity contribution in [2.24, 2.45) is 0 Å². The molecule has 0 unspecified atom stereocenters. The van der Waals surface area contributed by atoms with Gasteiger partial charge in [0.25, 0.3) is 13.9 Å². The van der Waals surface area contributed by atoms with E-state index in [-0.39, 0.29) is 28.6 Å². The van der Waals surface area contributed by atoms with Gasteiger partial charge in [-0.05, 0) is 53.5 Å². The molecule has 0 radical (unpaired) electrons. The molecule has 2 aliphatic heterocycles. The second-order valence-electron chi connectivity index (χ2n) is 11.6. The summed E-state index contributed by atoms with van der Waals surface area (Å²) in [5.41, 5.74) is 3.27. The first-order valence-electron chi connectivity index (χ1n) is 13.3. The van der Waals surface area contributed by atoms with E-state index in [1.807, 2.05) is 30.3 Å². The lowest BCUT2D eigenvalue weighted by molar-refractivity contribution is 0.458. The van der Waals surface area contributed by atoms with Gasteiger partial charge in [0.2, 0.25) is 0 Å². The van der Waals surface area contributed by atoms with Crippen molar-refractivity contribution in [2.75, 3.05) is 0 Å². The molecule has 0 aliphatic carbocycles. The van der Waals surface area contributed by atoms with Gasteiger partial charge in [-0.2, -0.15) is 0 Å². The van der Waals surface area contributed by atoms with Crippen LogP contribution in [0.2, 0.25) is 18.1 Å². The van der Waals surface area contributed by atoms with Crippen LogP contribution in [0.3, 0.4) is 0 Å². The second kappa shape index (κ2) is 10.5. The van der Waals surface area contributed by atoms with E-state index in [1.165, 1.54) is 16.7 Å². The van der Waals surface area contributed by atoms with Crippen LogP contribution in [0.4, 0.5) is 8.78 Å². The fraction of sp³-hybridized carbons (Fsp3) is 0.250. The molecule has 206 valence electrons. The maximum Gasteiger partial charge on any atom is 0.278 e. The number of rotatable bonds is 7. The average Bonchev–Trinajstić information content (AvgIpc) is 3.22. The maximum atomic E-state index is 16.0. The summed E-state index contributed by atoms with van der Waals surface area (Å²) in [6.07, 6.45) is 2.32. The van der Waals surface area contributed by atoms with Crippen LogP contribution in [0.1, 0.15) is 43.3 Å². The molecule has 0 amide bonds. The molecule has 40 heavy (non-hydrogen) atoms. The first-order chi connectivity index (χ1) is 18.9. The zero-order valence-corrected chi connectivity index (χ0v) is 24.4. The summed E-state index contributed by atoms with van der Waals surface area (Å²) in [5.74, 6) is -0.143. The predicted octanol–water partition coefficient (Wildman–Crippen LogP) is 7.51. The fourth-order valence-electron chi connectivity index (χ4n) is 4.37. The lowest BCUT2D eigenvalue weighted by Gasteiger charge is -2.36. The number of nitrogens with zero attached hydrogens (tertiary/aromatic N) is 2. The third-order valence-corrected chi connectivity index (χ3v) is 12.0. The Balaban J connectivity index is 1.63. The fourth-order valence-corrected chi connectivity index (χ4v) is 5.39. The second-order valence-corrected chi connectivity index (χ2v) is 16.4. The lowest BCUT2D eigenvalue weighted by atomic mass is 10.1. The normalized spacial score (nSPS) is 12.2. The van der Waals surface area contributed by atoms with E-state index in [2.05, 4.69) is 43.8 Å². The van der Waals surface area contributed by atoms with Gasteiger partial charge in [0, 0.05) is 24.6 Å². The van der Waals surface area contributed by atoms with Gasteiger partial charge in [-0.1, -0.05) is 69.3 Å². The minimum atomic E-state index is -2.29. The summed E-state index contributed by atoms with van der Waals surface area (Å²) in [4.78, 5) is 21.6. The summed E-state index contributed by atoms with van der Waals surface area (Å²) in [7, 11) is -2.29. The zero-order chi connectivity index (χ0) is 28.7. The van der Waals surface area contributed by atoms with Crippen molar-refractivity contribution in [1.29, 1.82) is 0 Å². The summed E-state index contributed by atoms with van der Waals surface area (Å²) >= 11 is 0. The molecule has 0 atom stereocenters. The molecular formula is C32H33F2N3O2Si. The van der Waals surface area contributed by atoms with Crippen molar-refractivity contribution in [3.63, 3.8) is 0 Å². The van der Waals surface area contributed by atoms with Crippen molar-refractivity contribution in [3.05, 3.63) is 123 Å². The number of nitrogens with one attached hydrogen (secondary N) is 1. The molecule has 0 saturated carbocycles. The highest BCUT2D eigenvalue weighted by Crippen LogP contribution is 2.39. The summed E-state index contributed by atoms with van der Waals surface area (Å²) < 4.78 is 37.2. The number of aromatic nitrogens is 3. The number of aromatic amines is 1. The Labute approximate surface area is 234 Å². The molecule has 8 heteroatoms. The van der Waals surface area contributed by atoms with E-state index in [0.717, 1.165) is 11.1 Å². The molecule has 5 nitrogen and oxygen atoms in total. The Bertz CT molecular complexity index is 1670. The molecule has 0 saturated heterocycles. The highest BCUT2D eigenvalue weighted by molar-refractivity contribution is 6.74. The van der Waals surface area contributed by atoms with E-state index in [4.69, 9.17) is 4.43 Å². The van der Waals surface area contributed by atoms with Crippen LogP contribution in [0.25, 0.3) is 17.1 Å². The maximum absolute atomic E-state index is 16.0. The molecule has 3 aromatic rings. The Hall–Kier alpha value is -4.04. The van der Waals surface area contributed by atoms with Crippen molar-refractivity contribution in [3.8, 4) is 22.8 Å². The molecule has 0 fully saturated rings. The van der Waals surface area contributed by atoms with Gasteiger partial charge in [-0.3, -0.25) is 9.36 Å². The molecule has 2 aliphatic rings. The van der Waals surface area contributed by atoms with Crippen LogP contribution in [-0.4, -0.2) is 22.9 Å². The molecule has 0 aromatic heterocycles. The Kier molecular flexibility index (Phi) is 7.22. The van der Waals surface area contributed by atoms with Crippen LogP contribution in [0.5, 0.6) is 5.75 Å². The first kappa shape index (κ1) is 27.5. The lowest BCUT2D eigenvalue weighted by Crippen LogP contribution is -2.44. The zero-order valence-electron chi connectivity index (χ0n) is 23.4. The summed E-state index contributed by atoms with van der Waals surface area (Å²) in [5, 5.41) is -0.0987. The third-order valence-electron chi connectivity index (χ3n) is 7.68. The van der Waals surface area contributed by atoms with Gasteiger partial charge in [-0.25, -0.2) is 13.8 Å². The molecular weight excluding hydrogens is 524 g/mol. The largest absolute Gasteiger partial charge is 0.542 e. The third kappa shape index (κ3) is 5.49. The van der Waals surface area contributed by atoms with Crippen LogP contribution in [-0.2, 0) is 12.8 Å². The monoisotopic (exact) mass is 557 g/mol. The van der Waals surface area contributed by atoms with E-state index in [0.29, 0.717) is 34.9 Å². The molecule has 1 N–H and O–H groups in total. The van der Waals surface area contributed by atoms with Gasteiger partial charge >= 0.3 is 0 Å². The van der Waals surface area contributed by atoms with Gasteiger partial charge in [0.1, 0.15) is 17.3 Å². The average molecular weight is 558 g/mol. The van der Waals surface area contributed by atoms with Crippen LogP contribution >= 0.6 is 0 Å². The number of hydrogen-bond donors (Lipinski definition) is 1. The Morgan fingerprint density at radius 2 is 1.57 bits per heavy atom. The minimum Gasteiger partial charge on any atom is -0.542 e. The van der Waals surface area contributed by atoms with E-state index in [9.17, 15) is 9.18 Å². The number of benzene rings is 3. The smallest absolute Gasteiger partial charge is 0.278 e. The molecule has 5 rings (SSSR count). The first-order valence-corrected chi connectivity index (χ1v) is 16.2. The number of halogens is 2. The molecule has 3 aromatic carbocycles. The van der Waals surface area contributed by atoms with Crippen molar-refractivity contribution < 1.29 is 13.2 Å². The minimum absolute atomic E-state index is 0.0987. The highest BCUT2D eigenvalue weighted by Gasteiger charge is 2.39. The number of imidazole rings is 1. The van der Waals surface area contributed by atoms with Crippen LogP contribution in [0.15, 0.2) is 83.8 Å². The van der Waals surface area contributed by atoms with E-state index < -0.39 is 14.1 Å². The summed E-state index contributed by atoms with van der Waals surface area (Å²) in [6, 6.07) is 20.9. The number of hydrogen-bond acceptors (Lipinski definition) is 3. The predicted molar refractivity (Wildman–Crippen MR) is 157 cm³/mol. The van der Waals surface area contributed by atoms with Gasteiger partial charge in [0.15, 0.2) is 11.6 Å². The highest BCUT2D eigenvalue weighted by atomic mass is 28.4. The standard InChI is InChI=1S/C32H33F2N3O2Si/c1-32(2,3)40(4,5)39-28-13-9-12-24(29(28)34)27-20-37-30(25(35-27)18-21-10-7-6-8-11-21)36-26(31(37)38)19-22-14-16-23(33)17-15-22/h6-17,20,35H,18-19H2,1-5H3. The van der Waals surface area contributed by atoms with Gasteiger partial charge in [-0.15, -0.1) is 0 Å². The van der Waals surface area contributed by atoms with Crippen molar-refractivity contribution in [1.82, 2.24) is 14.5 Å². The van der Waals surface area contributed by atoms with Crippen LogP contribution in [0, 0.1) is 11.6 Å². The van der Waals surface area contributed by atoms with E-state index in [1.54, 1.807) is 36.5 Å². The Morgan fingerprint density at radius 3 is 2.25 bits per heavy atom. The van der Waals surface area contributed by atoms with Crippen molar-refractivity contribution in [2.45, 2.75) is 51.7 Å². The van der Waals surface area contributed by atoms with Gasteiger partial charge in [0.05, 0.1) is 11.4 Å². The SMILES string of the molecule is CC(C)(C)[Si](C)(C)Oc1cccc(-c2cn3c(=O)c(Cc4ccc(F)cc4)nc-3c(Cc3ccccc3)[nH]2)c1F. The van der Waals surface area contributed by atoms with Gasteiger partial charge < -0.3 is 9.41 Å². The Morgan fingerprint density at radius 1 is 0.900 bits per heavy atom. The molecule has 0 spiro atoms. The van der Waals surface area contributed by atoms with Crippen molar-refractivity contribution >= 4 is 8.32 Å². The summed E-state index contributed by atoms with van der Waals surface area (Å²) in [6.45, 7) is 10.5. The van der Waals surface area contributed by atoms with E-state index >= 15 is 4.39 Å². The number of H-pyrrole nitrogens is 1. The van der Waals surface area contributed by atoms with Crippen LogP contribution < -0.4 is 9.99 Å². The quantitative estimate of drug-likeness (QED) is 0.211. The molecule has 2 heterocycles. The topological polar surface area (TPSA) is 59.9 Å².